The Morgan fingerprint density at radius 3 is 1.49 bits per heavy atom. The van der Waals surface area contributed by atoms with E-state index in [9.17, 15) is 9.59 Å². The van der Waals surface area contributed by atoms with Crippen LogP contribution in [0.3, 0.4) is 0 Å². The van der Waals surface area contributed by atoms with Gasteiger partial charge in [-0.15, -0.1) is 0 Å². The van der Waals surface area contributed by atoms with Crippen LogP contribution < -0.4 is 24.4 Å². The number of alkyl carbamates (subject to hydrolysis) is 2. The molecule has 0 aliphatic heterocycles. The number of rotatable bonds is 14. The van der Waals surface area contributed by atoms with E-state index in [2.05, 4.69) is 20.3 Å². The van der Waals surface area contributed by atoms with E-state index < -0.39 is 46.8 Å². The summed E-state index contributed by atoms with van der Waals surface area (Å²) in [5.74, 6) is -1.60. The molecule has 0 spiro atoms. The van der Waals surface area contributed by atoms with Crippen molar-refractivity contribution in [2.24, 2.45) is 4.99 Å². The number of hydrogen-bond donors (Lipinski definition) is 3. The molecule has 3 N–H and O–H groups in total. The molecule has 61 heavy (non-hydrogen) atoms. The zero-order chi connectivity index (χ0) is 45.3. The van der Waals surface area contributed by atoms with Gasteiger partial charge < -0.3 is 18.5 Å². The minimum Gasteiger partial charge on any atom is -0.444 e. The number of carbonyl (C=O) groups excluding carboxylic acids is 2. The Kier molecular flexibility index (Phi) is 16.0. The molecule has 330 valence electrons. The van der Waals surface area contributed by atoms with Gasteiger partial charge in [0.15, 0.2) is 5.78 Å². The predicted molar refractivity (Wildman–Crippen MR) is 241 cm³/mol. The number of aliphatic imine (C=N–C) groups is 1. The Labute approximate surface area is 361 Å². The minimum atomic E-state index is -4.51. The molecule has 15 heteroatoms. The largest absolute Gasteiger partial charge is 0.448 e. The van der Waals surface area contributed by atoms with Gasteiger partial charge in [0.05, 0.1) is 10.6 Å². The summed E-state index contributed by atoms with van der Waals surface area (Å²) in [6.07, 6.45) is -1.87. The summed E-state index contributed by atoms with van der Waals surface area (Å²) in [5, 5.41) is 4.92. The molecule has 0 bridgehead atoms. The maximum absolute atomic E-state index is 15.5. The van der Waals surface area contributed by atoms with Crippen LogP contribution >= 0.6 is 7.60 Å². The number of para-hydroxylation sites is 2. The number of nitrogens with zero attached hydrogens (tertiary/aromatic N) is 1. The number of hydrogen-bond acceptors (Lipinski definition) is 10. The van der Waals surface area contributed by atoms with Gasteiger partial charge in [-0.1, -0.05) is 102 Å². The lowest BCUT2D eigenvalue weighted by Crippen LogP contribution is -2.47. The fourth-order valence-electron chi connectivity index (χ4n) is 6.29. The van der Waals surface area contributed by atoms with Crippen LogP contribution in [0.15, 0.2) is 107 Å². The minimum absolute atomic E-state index is 0.0256. The van der Waals surface area contributed by atoms with Crippen molar-refractivity contribution in [3.63, 3.8) is 0 Å². The fraction of sp³-hybridized carbons (Fsp3) is 0.413. The number of sulfonamides is 1. The van der Waals surface area contributed by atoms with Crippen molar-refractivity contribution in [1.82, 2.24) is 15.4 Å². The number of amides is 2. The molecule has 0 aliphatic carbocycles. The average molecular weight is 877 g/mol. The number of ether oxygens (including phenoxy) is 2. The molecule has 0 radical (unpaired) electrons. The van der Waals surface area contributed by atoms with Crippen LogP contribution in [0.5, 0.6) is 11.5 Å². The van der Waals surface area contributed by atoms with Crippen molar-refractivity contribution in [2.45, 2.75) is 129 Å². The van der Waals surface area contributed by atoms with Gasteiger partial charge in [0.2, 0.25) is 16.0 Å². The average Bonchev–Trinajstić information content (AvgIpc) is 3.13. The first kappa shape index (κ1) is 48.5. The van der Waals surface area contributed by atoms with E-state index in [0.717, 1.165) is 5.56 Å². The first-order chi connectivity index (χ1) is 28.4. The van der Waals surface area contributed by atoms with Gasteiger partial charge in [0.25, 0.3) is 0 Å². The van der Waals surface area contributed by atoms with Crippen LogP contribution in [-0.4, -0.2) is 43.5 Å². The third-order valence-electron chi connectivity index (χ3n) is 8.82. The second-order valence-electron chi connectivity index (χ2n) is 17.5. The van der Waals surface area contributed by atoms with Gasteiger partial charge in [0.1, 0.15) is 22.7 Å². The molecule has 4 aromatic rings. The lowest BCUT2D eigenvalue weighted by molar-refractivity contribution is 0.0545. The van der Waals surface area contributed by atoms with Crippen molar-refractivity contribution >= 4 is 41.5 Å². The molecule has 0 saturated carbocycles. The maximum atomic E-state index is 15.5. The standard InChI is InChI=1S/C46H61N4O9PS/c1-30(2)37-27-28-38(31(3)4)41(40(37)32(5)6)61(54,55)50-39(60(53,58-35-19-15-13-16-20-35)59-36-21-17-14-18-22-36)29-33-23-25-34(26-24-33)47-42(48-43(51)56-45(7,8)9)49-44(52)57-46(10,11)12/h13-28,30-32,39,50H,29H2,1-12H3,(H2,47,48,49,51,52). The zero-order valence-electron chi connectivity index (χ0n) is 37.2. The summed E-state index contributed by atoms with van der Waals surface area (Å²) in [7, 11) is -8.94. The monoisotopic (exact) mass is 876 g/mol. The molecular formula is C46H61N4O9PS. The summed E-state index contributed by atoms with van der Waals surface area (Å²) in [5.41, 5.74) is 1.37. The number of carbonyl (C=O) groups is 2. The van der Waals surface area contributed by atoms with E-state index in [-0.39, 0.29) is 46.5 Å². The Morgan fingerprint density at radius 2 is 1.08 bits per heavy atom. The van der Waals surface area contributed by atoms with E-state index in [1.165, 1.54) is 0 Å². The molecule has 2 amide bonds. The molecular weight excluding hydrogens is 816 g/mol. The highest BCUT2D eigenvalue weighted by atomic mass is 32.2. The van der Waals surface area contributed by atoms with Gasteiger partial charge in [-0.2, -0.15) is 4.72 Å². The van der Waals surface area contributed by atoms with E-state index in [0.29, 0.717) is 22.4 Å². The SMILES string of the molecule is CC(C)c1ccc(C(C)C)c(S(=O)(=O)NC(Cc2ccc(N=C(NC(=O)OC(C)(C)C)NC(=O)OC(C)(C)C)cc2)P(=O)(Oc2ccccc2)Oc2ccccc2)c1C(C)C. The summed E-state index contributed by atoms with van der Waals surface area (Å²) < 4.78 is 71.7. The first-order valence-electron chi connectivity index (χ1n) is 20.3. The van der Waals surface area contributed by atoms with Crippen molar-refractivity contribution in [2.75, 3.05) is 0 Å². The first-order valence-corrected chi connectivity index (χ1v) is 23.4. The highest BCUT2D eigenvalue weighted by Crippen LogP contribution is 2.53. The van der Waals surface area contributed by atoms with Crippen molar-refractivity contribution in [3.8, 4) is 11.5 Å². The molecule has 0 aromatic heterocycles. The van der Waals surface area contributed by atoms with E-state index >= 15 is 13.0 Å². The van der Waals surface area contributed by atoms with Crippen LogP contribution in [0.1, 0.15) is 123 Å². The van der Waals surface area contributed by atoms with E-state index in [1.807, 2.05) is 53.7 Å². The molecule has 4 aromatic carbocycles. The number of benzene rings is 4. The van der Waals surface area contributed by atoms with Gasteiger partial charge in [0, 0.05) is 6.42 Å². The van der Waals surface area contributed by atoms with Crippen LogP contribution in [0, 0.1) is 0 Å². The molecule has 0 heterocycles. The molecule has 1 unspecified atom stereocenters. The second kappa shape index (κ2) is 20.1. The summed E-state index contributed by atoms with van der Waals surface area (Å²) in [4.78, 5) is 30.0. The van der Waals surface area contributed by atoms with E-state index in [4.69, 9.17) is 18.5 Å². The Hall–Kier alpha value is -5.17. The lowest BCUT2D eigenvalue weighted by Gasteiger charge is -2.30. The molecule has 0 saturated heterocycles. The third-order valence-corrected chi connectivity index (χ3v) is 12.6. The predicted octanol–water partition coefficient (Wildman–Crippen LogP) is 11.3. The normalized spacial score (nSPS) is 12.8. The smallest absolute Gasteiger partial charge is 0.444 e. The molecule has 0 fully saturated rings. The second-order valence-corrected chi connectivity index (χ2v) is 21.2. The third kappa shape index (κ3) is 14.5. The molecule has 4 rings (SSSR count). The van der Waals surface area contributed by atoms with Gasteiger partial charge in [-0.05, 0) is 118 Å². The molecule has 1 atom stereocenters. The van der Waals surface area contributed by atoms with Crippen molar-refractivity contribution in [1.29, 1.82) is 0 Å². The van der Waals surface area contributed by atoms with Crippen LogP contribution in [-0.2, 0) is 30.5 Å². The number of guanidine groups is 1. The van der Waals surface area contributed by atoms with Crippen molar-refractivity contribution in [3.05, 3.63) is 119 Å². The zero-order valence-corrected chi connectivity index (χ0v) is 38.9. The summed E-state index contributed by atoms with van der Waals surface area (Å²) in [6, 6.07) is 27.2. The van der Waals surface area contributed by atoms with Crippen LogP contribution in [0.2, 0.25) is 0 Å². The van der Waals surface area contributed by atoms with Gasteiger partial charge >= 0.3 is 19.8 Å². The van der Waals surface area contributed by atoms with E-state index in [1.54, 1.807) is 126 Å². The fourth-order valence-corrected chi connectivity index (χ4v) is 10.6. The summed E-state index contributed by atoms with van der Waals surface area (Å²) in [6.45, 7) is 22.0. The highest BCUT2D eigenvalue weighted by Gasteiger charge is 2.44. The van der Waals surface area contributed by atoms with Gasteiger partial charge in [-0.3, -0.25) is 10.6 Å². The van der Waals surface area contributed by atoms with Crippen LogP contribution in [0.25, 0.3) is 0 Å². The summed E-state index contributed by atoms with van der Waals surface area (Å²) >= 11 is 0. The van der Waals surface area contributed by atoms with Crippen molar-refractivity contribution < 1.29 is 41.1 Å². The quantitative estimate of drug-likeness (QED) is 0.0633. The Morgan fingerprint density at radius 1 is 0.639 bits per heavy atom. The number of nitrogens with one attached hydrogen (secondary N) is 3. The Bertz CT molecular complexity index is 2230. The van der Waals surface area contributed by atoms with Crippen LogP contribution in [0.4, 0.5) is 15.3 Å². The maximum Gasteiger partial charge on any atom is 0.448 e. The highest BCUT2D eigenvalue weighted by molar-refractivity contribution is 7.90. The lowest BCUT2D eigenvalue weighted by atomic mass is 9.87. The topological polar surface area (TPSA) is 171 Å². The van der Waals surface area contributed by atoms with Gasteiger partial charge in [-0.25, -0.2) is 27.6 Å². The molecule has 13 nitrogen and oxygen atoms in total. The Balaban J connectivity index is 1.86. The molecule has 0 aliphatic rings.